The van der Waals surface area contributed by atoms with Crippen LogP contribution in [0.2, 0.25) is 0 Å². The smallest absolute Gasteiger partial charge is 0.0679 e. The number of nitrogens with zero attached hydrogens (tertiary/aromatic N) is 1. The zero-order valence-corrected chi connectivity index (χ0v) is 3.39. The Morgan fingerprint density at radius 2 is 3.14 bits per heavy atom. The molecule has 0 aromatic rings. The zero-order chi connectivity index (χ0) is 14.1. The third-order valence-electron chi connectivity index (χ3n) is 0.504. The molecule has 1 saturated heterocycles. The van der Waals surface area contributed by atoms with E-state index in [-0.39, 0.29) is 0 Å². The van der Waals surface area contributed by atoms with Gasteiger partial charge in [0.2, 0.25) is 0 Å². The van der Waals surface area contributed by atoms with Crippen LogP contribution in [-0.4, -0.2) is 36.1 Å². The minimum Gasteiger partial charge on any atom is -0.392 e. The molecule has 1 unspecified atom stereocenters. The van der Waals surface area contributed by atoms with Crippen LogP contribution in [-0.2, 0) is 0 Å². The van der Waals surface area contributed by atoms with E-state index in [1.165, 1.54) is 0 Å². The molecule has 0 aromatic carbocycles. The van der Waals surface area contributed by atoms with E-state index in [1.54, 1.807) is 0 Å². The third kappa shape index (κ3) is 1.14. The van der Waals surface area contributed by atoms with Crippen LogP contribution in [0.25, 0.3) is 0 Å². The summed E-state index contributed by atoms with van der Waals surface area (Å²) in [5.74, 6) is 0. The Morgan fingerprint density at radius 1 is 2.29 bits per heavy atom. The predicted octanol–water partition coefficient (Wildman–Crippen LogP) is -0.317. The summed E-state index contributed by atoms with van der Waals surface area (Å²) in [4.78, 5) is -0.417. The van der Waals surface area contributed by atoms with Crippen LogP contribution in [0, 0.1) is 0 Å². The Hall–Kier alpha value is -0.0800. The summed E-state index contributed by atoms with van der Waals surface area (Å²) < 4.78 is 72.2. The van der Waals surface area contributed by atoms with Crippen LogP contribution in [0.3, 0.4) is 0 Å². The van der Waals surface area contributed by atoms with E-state index in [0.717, 1.165) is 0 Å². The maximum Gasteiger partial charge on any atom is 0.0679 e. The van der Waals surface area contributed by atoms with Crippen molar-refractivity contribution < 1.29 is 18.8 Å². The van der Waals surface area contributed by atoms with Crippen molar-refractivity contribution in [3.63, 3.8) is 0 Å². The molecule has 0 amide bonds. The van der Waals surface area contributed by atoms with Crippen LogP contribution in [0.5, 0.6) is 0 Å². The second kappa shape index (κ2) is 1.80. The lowest BCUT2D eigenvalue weighted by Crippen LogP contribution is -2.15. The van der Waals surface area contributed by atoms with Crippen molar-refractivity contribution in [3.8, 4) is 0 Å². The van der Waals surface area contributed by atoms with Crippen molar-refractivity contribution in [2.24, 2.45) is 0 Å². The molecule has 0 spiro atoms. The van der Waals surface area contributed by atoms with Gasteiger partial charge in [-0.1, -0.05) is 0 Å². The standard InChI is InChI=1S/C5H11NO/c1-6-3-2-5(7)4-6/h5,7H,2-4H2,1H3/i1+1D3,2D2,3D2,4D2,5D. The van der Waals surface area contributed by atoms with Gasteiger partial charge in [0.05, 0.1) is 7.45 Å². The van der Waals surface area contributed by atoms with Gasteiger partial charge in [-0.15, -0.1) is 0 Å². The fourth-order valence-electron chi connectivity index (χ4n) is 0.271. The molecule has 0 saturated carbocycles. The molecule has 1 N–H and O–H groups in total. The summed E-state index contributed by atoms with van der Waals surface area (Å²) in [5, 5.41) is 9.50. The van der Waals surface area contributed by atoms with Crippen molar-refractivity contribution in [1.82, 2.24) is 4.90 Å². The summed E-state index contributed by atoms with van der Waals surface area (Å²) in [6.07, 6.45) is -6.95. The first-order valence-corrected chi connectivity index (χ1v) is 1.64. The Kier molecular flexibility index (Phi) is 0.218. The molecule has 1 fully saturated rings. The molecular weight excluding hydrogens is 91.1 g/mol. The lowest BCUT2D eigenvalue weighted by Gasteiger charge is -2.02. The van der Waals surface area contributed by atoms with E-state index in [9.17, 15) is 5.11 Å². The van der Waals surface area contributed by atoms with Crippen LogP contribution < -0.4 is 0 Å². The van der Waals surface area contributed by atoms with Crippen molar-refractivity contribution in [2.75, 3.05) is 20.0 Å². The monoisotopic (exact) mass is 112 g/mol. The first-order chi connectivity index (χ1) is 7.12. The number of hydrogen-bond acceptors (Lipinski definition) is 2. The molecule has 1 rings (SSSR count). The molecule has 1 aliphatic heterocycles. The van der Waals surface area contributed by atoms with Gasteiger partial charge in [0.25, 0.3) is 0 Å². The highest BCUT2D eigenvalue weighted by Gasteiger charge is 2.14. The summed E-state index contributed by atoms with van der Waals surface area (Å²) in [6.45, 7) is -10.1. The lowest BCUT2D eigenvalue weighted by atomic mass is 10.3. The number of likely N-dealkylation sites (N-methyl/N-ethyl adjacent to an activating group) is 1. The minimum atomic E-state index is -3.54. The second-order valence-corrected chi connectivity index (χ2v) is 1.03. The largest absolute Gasteiger partial charge is 0.392 e. The van der Waals surface area contributed by atoms with Gasteiger partial charge in [-0.3, -0.25) is 0 Å². The highest BCUT2D eigenvalue weighted by molar-refractivity contribution is 4.70. The van der Waals surface area contributed by atoms with Crippen LogP contribution >= 0.6 is 0 Å². The molecule has 2 nitrogen and oxygen atoms in total. The van der Waals surface area contributed by atoms with Gasteiger partial charge >= 0.3 is 0 Å². The van der Waals surface area contributed by atoms with Crippen molar-refractivity contribution in [2.45, 2.75) is 12.5 Å². The quantitative estimate of drug-likeness (QED) is 0.434. The van der Waals surface area contributed by atoms with E-state index in [0.29, 0.717) is 0 Å². The van der Waals surface area contributed by atoms with Gasteiger partial charge in [-0.25, -0.2) is 0 Å². The lowest BCUT2D eigenvalue weighted by molar-refractivity contribution is 0.183. The van der Waals surface area contributed by atoms with E-state index in [4.69, 9.17) is 13.7 Å². The van der Waals surface area contributed by atoms with Gasteiger partial charge in [0.1, 0.15) is 0 Å². The first-order valence-electron chi connectivity index (χ1n) is 6.64. The average molecular weight is 112 g/mol. The minimum absolute atomic E-state index is 0.417. The summed E-state index contributed by atoms with van der Waals surface area (Å²) in [5.41, 5.74) is 0. The molecule has 1 aliphatic rings. The molecule has 0 radical (unpaired) electrons. The average Bonchev–Trinajstić information content (AvgIpc) is 2.03. The maximum absolute atomic E-state index is 9.50. The van der Waals surface area contributed by atoms with Crippen molar-refractivity contribution >= 4 is 0 Å². The number of rotatable bonds is 0. The van der Waals surface area contributed by atoms with Gasteiger partial charge < -0.3 is 10.0 Å². The van der Waals surface area contributed by atoms with E-state index in [2.05, 4.69) is 0 Å². The van der Waals surface area contributed by atoms with Gasteiger partial charge in [-0.05, 0) is 13.3 Å². The molecular formula is C5H11NO. The van der Waals surface area contributed by atoms with E-state index in [1.807, 2.05) is 0 Å². The van der Waals surface area contributed by atoms with Crippen LogP contribution in [0.4, 0.5) is 0 Å². The molecule has 1 atom stereocenters. The van der Waals surface area contributed by atoms with Crippen LogP contribution in [0.1, 0.15) is 20.1 Å². The van der Waals surface area contributed by atoms with E-state index < -0.39 is 37.3 Å². The highest BCUT2D eigenvalue weighted by Crippen LogP contribution is 2.03. The number of hydrogen-bond donors (Lipinski definition) is 1. The molecule has 7 heavy (non-hydrogen) atoms. The summed E-state index contributed by atoms with van der Waals surface area (Å²) in [7, 11) is 0. The van der Waals surface area contributed by atoms with Crippen molar-refractivity contribution in [3.05, 3.63) is 0 Å². The summed E-state index contributed by atoms with van der Waals surface area (Å²) in [6, 6.07) is 0. The SMILES string of the molecule is [2H]C1([2H])N([13C]([2H])([2H])[2H])C([2H])([2H])C([2H])(O)C1([2H])[2H]. The third-order valence-corrected chi connectivity index (χ3v) is 0.504. The van der Waals surface area contributed by atoms with E-state index >= 15 is 0 Å². The fourth-order valence-corrected chi connectivity index (χ4v) is 0.271. The Bertz CT molecular complexity index is 306. The second-order valence-electron chi connectivity index (χ2n) is 1.03. The number of likely N-dealkylation sites (tertiary alicyclic amines) is 1. The fraction of sp³-hybridized carbons (Fsp3) is 1.00. The van der Waals surface area contributed by atoms with Gasteiger partial charge in [0, 0.05) is 25.3 Å². The highest BCUT2D eigenvalue weighted by atomic mass is 16.3. The number of β-amino-alcohol motifs (C(OH)–C–C–N with tert-alkyl or cyclic N) is 1. The molecule has 0 aliphatic carbocycles. The Labute approximate surface area is 57.8 Å². The predicted molar refractivity (Wildman–Crippen MR) is 28.1 cm³/mol. The van der Waals surface area contributed by atoms with Crippen LogP contribution in [0.15, 0.2) is 0 Å². The topological polar surface area (TPSA) is 23.5 Å². The summed E-state index contributed by atoms with van der Waals surface area (Å²) >= 11 is 0. The zero-order valence-electron chi connectivity index (χ0n) is 13.4. The maximum atomic E-state index is 9.50. The molecule has 0 bridgehead atoms. The van der Waals surface area contributed by atoms with Gasteiger partial charge in [-0.2, -0.15) is 0 Å². The normalized spacial score (nSPS) is 89.3. The Balaban J connectivity index is 3.54. The van der Waals surface area contributed by atoms with Crippen molar-refractivity contribution in [1.29, 1.82) is 0 Å². The molecule has 1 heterocycles. The molecule has 42 valence electrons. The Morgan fingerprint density at radius 3 is 3.43 bits per heavy atom. The molecule has 0 aromatic heterocycles. The number of aliphatic hydroxyl groups is 1. The van der Waals surface area contributed by atoms with Gasteiger partial charge in [0.15, 0.2) is 0 Å². The molecule has 2 heteroatoms. The first kappa shape index (κ1) is 0.847.